The van der Waals surface area contributed by atoms with Gasteiger partial charge in [0.1, 0.15) is 11.5 Å². The molecular formula is C40H57NO2S. The van der Waals surface area contributed by atoms with Crippen molar-refractivity contribution in [1.82, 2.24) is 5.16 Å². The fourth-order valence-corrected chi connectivity index (χ4v) is 14.0. The normalized spacial score (nSPS) is 42.0. The van der Waals surface area contributed by atoms with Crippen molar-refractivity contribution in [3.05, 3.63) is 47.3 Å². The summed E-state index contributed by atoms with van der Waals surface area (Å²) in [5.74, 6) is 4.45. The molecule has 44 heavy (non-hydrogen) atoms. The summed E-state index contributed by atoms with van der Waals surface area (Å²) in [6.45, 7) is 19.8. The maximum atomic E-state index is 15.0. The van der Waals surface area contributed by atoms with E-state index in [1.54, 1.807) is 0 Å². The summed E-state index contributed by atoms with van der Waals surface area (Å²) >= 11 is 2.09. The van der Waals surface area contributed by atoms with Gasteiger partial charge < -0.3 is 4.52 Å². The Kier molecular flexibility index (Phi) is 7.22. The Morgan fingerprint density at radius 1 is 0.955 bits per heavy atom. The van der Waals surface area contributed by atoms with Crippen LogP contribution < -0.4 is 0 Å². The van der Waals surface area contributed by atoms with Crippen LogP contribution in [0.1, 0.15) is 130 Å². The largest absolute Gasteiger partial charge is 0.361 e. The SMILES string of the molecule is CCCc1cccc(SCC23CCC(C)(C)CC2C2C(=O)C[C@@H]4C5(C)Cc6cnoc6C(C)(C)[C@@H]5CCC4(C)[C@]2(C)CC3)c1. The molecule has 0 amide bonds. The molecule has 0 bridgehead atoms. The van der Waals surface area contributed by atoms with E-state index in [4.69, 9.17) is 4.52 Å². The Hall–Kier alpha value is -1.55. The molecule has 0 N–H and O–H groups in total. The molecular weight excluding hydrogens is 559 g/mol. The Morgan fingerprint density at radius 2 is 1.73 bits per heavy atom. The number of nitrogens with zero attached hydrogens (tertiary/aromatic N) is 1. The van der Waals surface area contributed by atoms with E-state index in [0.29, 0.717) is 29.0 Å². The van der Waals surface area contributed by atoms with Crippen molar-refractivity contribution >= 4 is 17.5 Å². The van der Waals surface area contributed by atoms with Gasteiger partial charge in [-0.1, -0.05) is 79.1 Å². The van der Waals surface area contributed by atoms with E-state index < -0.39 is 0 Å². The summed E-state index contributed by atoms with van der Waals surface area (Å²) in [6.07, 6.45) is 14.8. The van der Waals surface area contributed by atoms with Crippen molar-refractivity contribution in [3.8, 4) is 0 Å². The smallest absolute Gasteiger partial charge is 0.145 e. The molecule has 2 aromatic rings. The van der Waals surface area contributed by atoms with E-state index >= 15 is 0 Å². The van der Waals surface area contributed by atoms with Crippen molar-refractivity contribution < 1.29 is 9.32 Å². The summed E-state index contributed by atoms with van der Waals surface area (Å²) < 4.78 is 5.90. The summed E-state index contributed by atoms with van der Waals surface area (Å²) in [7, 11) is 0. The lowest BCUT2D eigenvalue weighted by molar-refractivity contribution is -0.226. The molecule has 240 valence electrons. The molecule has 8 atom stereocenters. The zero-order valence-electron chi connectivity index (χ0n) is 28.9. The number of ketones is 1. The van der Waals surface area contributed by atoms with Crippen LogP contribution in [-0.2, 0) is 23.1 Å². The standard InChI is InChI=1S/C40H57NO2S/c1-9-11-26-12-10-13-28(20-26)44-25-40-18-16-35(2,3)23-29(40)33-30(42)21-32-37(6)22-27-24-41-43-34(27)36(4,5)31(37)14-15-38(32,7)39(33,8)17-19-40/h10,12-13,20,24,29,31-33H,9,11,14-19,21-23,25H2,1-8H3/t29?,31-,32+,33?,37?,38?,39+,40?/m0/s1. The van der Waals surface area contributed by atoms with E-state index in [1.165, 1.54) is 67.4 Å². The van der Waals surface area contributed by atoms with Crippen LogP contribution in [0.15, 0.2) is 39.9 Å². The molecule has 0 aliphatic heterocycles. The third-order valence-corrected chi connectivity index (χ3v) is 16.4. The van der Waals surface area contributed by atoms with Gasteiger partial charge >= 0.3 is 0 Å². The van der Waals surface area contributed by atoms with Crippen molar-refractivity contribution in [2.24, 2.45) is 50.7 Å². The quantitative estimate of drug-likeness (QED) is 0.314. The van der Waals surface area contributed by atoms with Crippen LogP contribution in [0.4, 0.5) is 0 Å². The molecule has 5 aliphatic carbocycles. The van der Waals surface area contributed by atoms with Crippen LogP contribution in [-0.4, -0.2) is 16.7 Å². The molecule has 1 heterocycles. The predicted molar refractivity (Wildman–Crippen MR) is 181 cm³/mol. The summed E-state index contributed by atoms with van der Waals surface area (Å²) in [6, 6.07) is 9.29. The summed E-state index contributed by atoms with van der Waals surface area (Å²) in [5.41, 5.74) is 3.55. The molecule has 4 saturated carbocycles. The average molecular weight is 616 g/mol. The third kappa shape index (κ3) is 4.34. The maximum absolute atomic E-state index is 15.0. The van der Waals surface area contributed by atoms with Crippen LogP contribution in [0.25, 0.3) is 0 Å². The molecule has 5 aliphatic rings. The highest BCUT2D eigenvalue weighted by atomic mass is 32.2. The van der Waals surface area contributed by atoms with Crippen LogP contribution in [0.5, 0.6) is 0 Å². The maximum Gasteiger partial charge on any atom is 0.145 e. The zero-order chi connectivity index (χ0) is 31.3. The number of hydrogen-bond acceptors (Lipinski definition) is 4. The second-order valence-corrected chi connectivity index (χ2v) is 19.3. The second-order valence-electron chi connectivity index (χ2n) is 18.2. The molecule has 3 nitrogen and oxygen atoms in total. The lowest BCUT2D eigenvalue weighted by Gasteiger charge is -2.72. The lowest BCUT2D eigenvalue weighted by Crippen LogP contribution is -2.69. The first-order valence-corrected chi connectivity index (χ1v) is 18.9. The number of fused-ring (bicyclic) bond motifs is 8. The third-order valence-electron chi connectivity index (χ3n) is 15.1. The molecule has 0 saturated heterocycles. The number of rotatable bonds is 5. The Bertz CT molecular complexity index is 1440. The monoisotopic (exact) mass is 615 g/mol. The Balaban J connectivity index is 1.24. The highest BCUT2D eigenvalue weighted by Crippen LogP contribution is 2.76. The van der Waals surface area contributed by atoms with E-state index in [1.807, 2.05) is 6.20 Å². The number of thioether (sulfide) groups is 1. The molecule has 7 rings (SSSR count). The molecule has 4 heteroatoms. The van der Waals surface area contributed by atoms with E-state index in [2.05, 4.69) is 96.6 Å². The average Bonchev–Trinajstić information content (AvgIpc) is 3.43. The second kappa shape index (κ2) is 10.2. The molecule has 1 aromatic carbocycles. The van der Waals surface area contributed by atoms with E-state index in [0.717, 1.165) is 30.8 Å². The predicted octanol–water partition coefficient (Wildman–Crippen LogP) is 10.5. The number of aryl methyl sites for hydroxylation is 1. The summed E-state index contributed by atoms with van der Waals surface area (Å²) in [5, 5.41) is 4.28. The van der Waals surface area contributed by atoms with Gasteiger partial charge in [0.2, 0.25) is 0 Å². The van der Waals surface area contributed by atoms with E-state index in [9.17, 15) is 4.79 Å². The number of carbonyl (C=O) groups is 1. The van der Waals surface area contributed by atoms with Gasteiger partial charge in [-0.2, -0.15) is 0 Å². The molecule has 5 unspecified atom stereocenters. The van der Waals surface area contributed by atoms with Gasteiger partial charge in [-0.05, 0) is 120 Å². The fraction of sp³-hybridized carbons (Fsp3) is 0.750. The number of hydrogen-bond donors (Lipinski definition) is 0. The first-order chi connectivity index (χ1) is 20.7. The number of carbonyl (C=O) groups excluding carboxylic acids is 1. The van der Waals surface area contributed by atoms with Gasteiger partial charge in [0, 0.05) is 34.0 Å². The summed E-state index contributed by atoms with van der Waals surface area (Å²) in [4.78, 5) is 16.4. The Morgan fingerprint density at radius 3 is 2.50 bits per heavy atom. The van der Waals surface area contributed by atoms with Gasteiger partial charge in [0.05, 0.1) is 6.20 Å². The van der Waals surface area contributed by atoms with Crippen molar-refractivity contribution in [3.63, 3.8) is 0 Å². The van der Waals surface area contributed by atoms with Crippen LogP contribution in [0.2, 0.25) is 0 Å². The molecule has 0 spiro atoms. The van der Waals surface area contributed by atoms with Crippen LogP contribution >= 0.6 is 11.8 Å². The zero-order valence-corrected chi connectivity index (χ0v) is 29.7. The van der Waals surface area contributed by atoms with Crippen LogP contribution in [0, 0.1) is 50.7 Å². The minimum Gasteiger partial charge on any atom is -0.361 e. The topological polar surface area (TPSA) is 43.1 Å². The van der Waals surface area contributed by atoms with Crippen molar-refractivity contribution in [2.45, 2.75) is 136 Å². The van der Waals surface area contributed by atoms with Gasteiger partial charge in [-0.25, -0.2) is 0 Å². The molecule has 1 aromatic heterocycles. The van der Waals surface area contributed by atoms with E-state index in [-0.39, 0.29) is 33.0 Å². The highest BCUT2D eigenvalue weighted by molar-refractivity contribution is 7.99. The fourth-order valence-electron chi connectivity index (χ4n) is 12.7. The highest BCUT2D eigenvalue weighted by Gasteiger charge is 2.72. The van der Waals surface area contributed by atoms with Gasteiger partial charge in [-0.3, -0.25) is 4.79 Å². The number of aromatic nitrogens is 1. The first-order valence-electron chi connectivity index (χ1n) is 17.9. The van der Waals surface area contributed by atoms with Crippen molar-refractivity contribution in [1.29, 1.82) is 0 Å². The van der Waals surface area contributed by atoms with Crippen molar-refractivity contribution in [2.75, 3.05) is 5.75 Å². The van der Waals surface area contributed by atoms with Gasteiger partial charge in [-0.15, -0.1) is 11.8 Å². The van der Waals surface area contributed by atoms with Gasteiger partial charge in [0.25, 0.3) is 0 Å². The Labute approximate surface area is 271 Å². The first kappa shape index (κ1) is 31.1. The minimum absolute atomic E-state index is 0.0490. The molecule has 4 fully saturated rings. The number of benzene rings is 1. The molecule has 0 radical (unpaired) electrons. The van der Waals surface area contributed by atoms with Crippen LogP contribution in [0.3, 0.4) is 0 Å². The minimum atomic E-state index is -0.0538. The number of Topliss-reactive ketones (excluding diaryl/α,β-unsaturated/α-hetero) is 1. The van der Waals surface area contributed by atoms with Gasteiger partial charge in [0.15, 0.2) is 0 Å². The lowest BCUT2D eigenvalue weighted by atomic mass is 9.31.